The van der Waals surface area contributed by atoms with Crippen LogP contribution >= 0.6 is 0 Å². The fraction of sp³-hybridized carbons (Fsp3) is 0.455. The van der Waals surface area contributed by atoms with Gasteiger partial charge in [-0.3, -0.25) is 9.78 Å². The predicted molar refractivity (Wildman–Crippen MR) is 106 cm³/mol. The zero-order valence-electron chi connectivity index (χ0n) is 16.8. The minimum atomic E-state index is -0.755. The largest absolute Gasteiger partial charge is 0.496 e. The Hall–Kier alpha value is -2.56. The summed E-state index contributed by atoms with van der Waals surface area (Å²) in [6.45, 7) is 6.15. The van der Waals surface area contributed by atoms with Crippen LogP contribution in [0.25, 0.3) is 0 Å². The molecular formula is C22H29NO4. The Bertz CT molecular complexity index is 787. The number of nitrogens with zero attached hydrogens (tertiary/aromatic N) is 1. The Balaban J connectivity index is 2.54. The van der Waals surface area contributed by atoms with Gasteiger partial charge in [-0.25, -0.2) is 0 Å². The number of hydrogen-bond donors (Lipinski definition) is 1. The molecule has 146 valence electrons. The first-order valence-electron chi connectivity index (χ1n) is 9.25. The number of aliphatic carboxylic acids is 1. The highest BCUT2D eigenvalue weighted by Gasteiger charge is 2.26. The van der Waals surface area contributed by atoms with Crippen molar-refractivity contribution in [2.24, 2.45) is 0 Å². The highest BCUT2D eigenvalue weighted by atomic mass is 16.5. The van der Waals surface area contributed by atoms with Crippen molar-refractivity contribution < 1.29 is 19.4 Å². The van der Waals surface area contributed by atoms with Gasteiger partial charge in [0.2, 0.25) is 0 Å². The van der Waals surface area contributed by atoms with E-state index in [4.69, 9.17) is 14.6 Å². The van der Waals surface area contributed by atoms with Gasteiger partial charge in [0.05, 0.1) is 14.2 Å². The smallest absolute Gasteiger partial charge is 0.303 e. The molecule has 5 heteroatoms. The van der Waals surface area contributed by atoms with Crippen LogP contribution < -0.4 is 9.47 Å². The standard InChI is InChI=1S/C22H29NO4/c1-14-15(2)22(27-5)20(16(3)21(14)26-4)18(10-6-7-11-19(24)25)17-9-8-12-23-13-17/h8-9,12-13,18H,6-7,10-11H2,1-5H3,(H,24,25). The van der Waals surface area contributed by atoms with Gasteiger partial charge in [-0.15, -0.1) is 0 Å². The fourth-order valence-electron chi connectivity index (χ4n) is 3.79. The van der Waals surface area contributed by atoms with Crippen LogP contribution in [0.3, 0.4) is 0 Å². The number of carbonyl (C=O) groups is 1. The molecule has 1 aromatic heterocycles. The lowest BCUT2D eigenvalue weighted by molar-refractivity contribution is -0.137. The van der Waals surface area contributed by atoms with Crippen molar-refractivity contribution in [1.29, 1.82) is 0 Å². The van der Waals surface area contributed by atoms with Crippen LogP contribution in [0.1, 0.15) is 59.4 Å². The van der Waals surface area contributed by atoms with E-state index in [-0.39, 0.29) is 12.3 Å². The van der Waals surface area contributed by atoms with Gasteiger partial charge < -0.3 is 14.6 Å². The molecule has 2 rings (SSSR count). The lowest BCUT2D eigenvalue weighted by atomic mass is 9.82. The summed E-state index contributed by atoms with van der Waals surface area (Å²) in [5.41, 5.74) is 5.39. The summed E-state index contributed by atoms with van der Waals surface area (Å²) in [4.78, 5) is 15.1. The summed E-state index contributed by atoms with van der Waals surface area (Å²) in [5, 5.41) is 8.93. The number of rotatable bonds is 9. The van der Waals surface area contributed by atoms with Crippen LogP contribution in [-0.4, -0.2) is 30.3 Å². The quantitative estimate of drug-likeness (QED) is 0.641. The van der Waals surface area contributed by atoms with Gasteiger partial charge in [0, 0.05) is 30.3 Å². The first-order chi connectivity index (χ1) is 12.9. The van der Waals surface area contributed by atoms with E-state index in [9.17, 15) is 4.79 Å². The van der Waals surface area contributed by atoms with Gasteiger partial charge in [-0.05, 0) is 61.9 Å². The number of pyridine rings is 1. The third-order valence-corrected chi connectivity index (χ3v) is 5.21. The van der Waals surface area contributed by atoms with E-state index in [1.165, 1.54) is 0 Å². The Morgan fingerprint density at radius 3 is 2.30 bits per heavy atom. The molecule has 1 atom stereocenters. The number of ether oxygens (including phenoxy) is 2. The maximum Gasteiger partial charge on any atom is 0.303 e. The number of hydrogen-bond acceptors (Lipinski definition) is 4. The van der Waals surface area contributed by atoms with E-state index < -0.39 is 5.97 Å². The van der Waals surface area contributed by atoms with Crippen molar-refractivity contribution in [3.05, 3.63) is 52.3 Å². The van der Waals surface area contributed by atoms with Crippen LogP contribution in [0.15, 0.2) is 24.5 Å². The Labute approximate surface area is 161 Å². The first-order valence-corrected chi connectivity index (χ1v) is 9.25. The average molecular weight is 371 g/mol. The van der Waals surface area contributed by atoms with E-state index in [0.29, 0.717) is 6.42 Å². The molecule has 0 aliphatic rings. The number of carboxylic acid groups (broad SMARTS) is 1. The second kappa shape index (κ2) is 9.40. The second-order valence-electron chi connectivity index (χ2n) is 6.83. The van der Waals surface area contributed by atoms with E-state index in [1.807, 2.05) is 26.1 Å². The molecule has 0 saturated heterocycles. The molecule has 0 spiro atoms. The summed E-state index contributed by atoms with van der Waals surface area (Å²) < 4.78 is 11.5. The van der Waals surface area contributed by atoms with E-state index in [1.54, 1.807) is 20.4 Å². The van der Waals surface area contributed by atoms with Gasteiger partial charge in [-0.1, -0.05) is 12.5 Å². The molecule has 2 aromatic rings. The second-order valence-corrected chi connectivity index (χ2v) is 6.83. The molecule has 1 unspecified atom stereocenters. The summed E-state index contributed by atoms with van der Waals surface area (Å²) >= 11 is 0. The van der Waals surface area contributed by atoms with Crippen molar-refractivity contribution in [1.82, 2.24) is 4.98 Å². The summed E-state index contributed by atoms with van der Waals surface area (Å²) in [6, 6.07) is 4.00. The molecule has 0 radical (unpaired) electrons. The first kappa shape index (κ1) is 20.7. The van der Waals surface area contributed by atoms with Crippen LogP contribution in [-0.2, 0) is 4.79 Å². The van der Waals surface area contributed by atoms with Crippen molar-refractivity contribution in [3.8, 4) is 11.5 Å². The maximum absolute atomic E-state index is 10.9. The number of carboxylic acids is 1. The molecule has 27 heavy (non-hydrogen) atoms. The van der Waals surface area contributed by atoms with Crippen LogP contribution in [0.5, 0.6) is 11.5 Å². The molecule has 0 aliphatic heterocycles. The Morgan fingerprint density at radius 2 is 1.74 bits per heavy atom. The highest BCUT2D eigenvalue weighted by molar-refractivity contribution is 5.66. The zero-order chi connectivity index (χ0) is 20.0. The van der Waals surface area contributed by atoms with Gasteiger partial charge >= 0.3 is 5.97 Å². The molecule has 0 bridgehead atoms. The lowest BCUT2D eigenvalue weighted by Crippen LogP contribution is -2.10. The van der Waals surface area contributed by atoms with E-state index in [2.05, 4.69) is 18.0 Å². The van der Waals surface area contributed by atoms with E-state index >= 15 is 0 Å². The van der Waals surface area contributed by atoms with Crippen LogP contribution in [0, 0.1) is 20.8 Å². The van der Waals surface area contributed by atoms with E-state index in [0.717, 1.165) is 52.2 Å². The lowest BCUT2D eigenvalue weighted by Gasteiger charge is -2.26. The predicted octanol–water partition coefficient (Wildman–Crippen LogP) is 4.80. The van der Waals surface area contributed by atoms with Crippen molar-refractivity contribution in [3.63, 3.8) is 0 Å². The van der Waals surface area contributed by atoms with Crippen molar-refractivity contribution in [2.75, 3.05) is 14.2 Å². The number of unbranched alkanes of at least 4 members (excludes halogenated alkanes) is 1. The average Bonchev–Trinajstić information content (AvgIpc) is 2.66. The molecule has 1 N–H and O–H groups in total. The molecular weight excluding hydrogens is 342 g/mol. The zero-order valence-corrected chi connectivity index (χ0v) is 16.8. The molecule has 1 heterocycles. The van der Waals surface area contributed by atoms with Gasteiger partial charge in [0.25, 0.3) is 0 Å². The highest BCUT2D eigenvalue weighted by Crippen LogP contribution is 2.45. The third-order valence-electron chi connectivity index (χ3n) is 5.21. The maximum atomic E-state index is 10.9. The van der Waals surface area contributed by atoms with Crippen LogP contribution in [0.2, 0.25) is 0 Å². The molecule has 1 aromatic carbocycles. The van der Waals surface area contributed by atoms with Crippen LogP contribution in [0.4, 0.5) is 0 Å². The topological polar surface area (TPSA) is 68.7 Å². The Morgan fingerprint density at radius 1 is 1.07 bits per heavy atom. The van der Waals surface area contributed by atoms with Crippen molar-refractivity contribution in [2.45, 2.75) is 52.4 Å². The number of aromatic nitrogens is 1. The van der Waals surface area contributed by atoms with Gasteiger partial charge in [0.15, 0.2) is 0 Å². The van der Waals surface area contributed by atoms with Gasteiger partial charge in [0.1, 0.15) is 11.5 Å². The van der Waals surface area contributed by atoms with Crippen molar-refractivity contribution >= 4 is 5.97 Å². The number of benzene rings is 1. The molecule has 0 amide bonds. The third kappa shape index (κ3) is 4.59. The SMILES string of the molecule is COc1c(C)c(C)c(OC)c(C(CCCCC(=O)O)c2cccnc2)c1C. The summed E-state index contributed by atoms with van der Waals surface area (Å²) in [5.74, 6) is 1.06. The minimum Gasteiger partial charge on any atom is -0.496 e. The number of methoxy groups -OCH3 is 2. The molecule has 0 fully saturated rings. The molecule has 0 saturated carbocycles. The monoisotopic (exact) mass is 371 g/mol. The summed E-state index contributed by atoms with van der Waals surface area (Å²) in [6.07, 6.45) is 6.10. The fourth-order valence-corrected chi connectivity index (χ4v) is 3.79. The Kier molecular flexibility index (Phi) is 7.22. The van der Waals surface area contributed by atoms with Gasteiger partial charge in [-0.2, -0.15) is 0 Å². The summed E-state index contributed by atoms with van der Waals surface area (Å²) in [7, 11) is 3.39. The molecule has 0 aliphatic carbocycles. The minimum absolute atomic E-state index is 0.0654. The normalized spacial score (nSPS) is 11.9. The molecule has 5 nitrogen and oxygen atoms in total.